The molecule has 2 rings (SSSR count). The van der Waals surface area contributed by atoms with E-state index in [1.165, 1.54) is 12.1 Å². The minimum absolute atomic E-state index is 0.0662. The van der Waals surface area contributed by atoms with Gasteiger partial charge in [-0.2, -0.15) is 0 Å². The van der Waals surface area contributed by atoms with Crippen molar-refractivity contribution in [3.63, 3.8) is 0 Å². The molecule has 2 nitrogen and oxygen atoms in total. The number of rotatable bonds is 1. The van der Waals surface area contributed by atoms with E-state index in [1.807, 2.05) is 6.92 Å². The Morgan fingerprint density at radius 3 is 2.80 bits per heavy atom. The molecule has 0 spiro atoms. The Labute approximate surface area is 94.5 Å². The number of fused-ring (bicyclic) bond motifs is 1. The normalized spacial score (nSPS) is 10.9. The lowest BCUT2D eigenvalue weighted by Gasteiger charge is -2.07. The molecule has 0 fully saturated rings. The summed E-state index contributed by atoms with van der Waals surface area (Å²) >= 11 is 3.11. The predicted molar refractivity (Wildman–Crippen MR) is 61.5 cm³/mol. The first-order chi connectivity index (χ1) is 7.13. The molecule has 0 saturated heterocycles. The molecule has 78 valence electrons. The van der Waals surface area contributed by atoms with Gasteiger partial charge in [0.15, 0.2) is 0 Å². The van der Waals surface area contributed by atoms with Gasteiger partial charge in [0.05, 0.1) is 9.99 Å². The highest BCUT2D eigenvalue weighted by Gasteiger charge is 2.05. The third kappa shape index (κ3) is 1.69. The number of hydrogen-bond acceptors (Lipinski definition) is 1. The van der Waals surface area contributed by atoms with Crippen LogP contribution in [0.1, 0.15) is 6.92 Å². The molecule has 0 atom stereocenters. The molecule has 0 radical (unpaired) electrons. The van der Waals surface area contributed by atoms with Crippen molar-refractivity contribution in [2.75, 3.05) is 0 Å². The van der Waals surface area contributed by atoms with E-state index >= 15 is 0 Å². The first-order valence-corrected chi connectivity index (χ1v) is 5.41. The van der Waals surface area contributed by atoms with Crippen molar-refractivity contribution < 1.29 is 4.39 Å². The maximum Gasteiger partial charge on any atom is 0.251 e. The van der Waals surface area contributed by atoms with Crippen molar-refractivity contribution >= 4 is 26.8 Å². The molecule has 2 aromatic rings. The van der Waals surface area contributed by atoms with Crippen LogP contribution in [-0.4, -0.2) is 4.57 Å². The van der Waals surface area contributed by atoms with E-state index in [-0.39, 0.29) is 11.4 Å². The van der Waals surface area contributed by atoms with Gasteiger partial charge in [-0.15, -0.1) is 0 Å². The molecule has 1 heterocycles. The minimum atomic E-state index is -0.316. The van der Waals surface area contributed by atoms with Crippen LogP contribution in [0.4, 0.5) is 4.39 Å². The minimum Gasteiger partial charge on any atom is -0.309 e. The first kappa shape index (κ1) is 10.4. The molecular formula is C11H9BrFNO. The molecule has 0 N–H and O–H groups in total. The lowest BCUT2D eigenvalue weighted by molar-refractivity contribution is 0.622. The van der Waals surface area contributed by atoms with E-state index in [0.717, 1.165) is 10.9 Å². The number of hydrogen-bond donors (Lipinski definition) is 0. The van der Waals surface area contributed by atoms with Crippen molar-refractivity contribution in [2.45, 2.75) is 13.5 Å². The van der Waals surface area contributed by atoms with Crippen LogP contribution < -0.4 is 5.56 Å². The zero-order valence-electron chi connectivity index (χ0n) is 8.13. The van der Waals surface area contributed by atoms with E-state index in [0.29, 0.717) is 11.0 Å². The summed E-state index contributed by atoms with van der Waals surface area (Å²) in [5, 5.41) is 0.733. The van der Waals surface area contributed by atoms with Crippen LogP contribution >= 0.6 is 15.9 Å². The maximum absolute atomic E-state index is 13.3. The molecule has 1 aromatic carbocycles. The average Bonchev–Trinajstić information content (AvgIpc) is 2.21. The Morgan fingerprint density at radius 2 is 2.13 bits per heavy atom. The van der Waals surface area contributed by atoms with Gasteiger partial charge in [0.2, 0.25) is 0 Å². The van der Waals surface area contributed by atoms with Crippen LogP contribution in [0.3, 0.4) is 0 Å². The largest absolute Gasteiger partial charge is 0.309 e. The Morgan fingerprint density at radius 1 is 1.40 bits per heavy atom. The van der Waals surface area contributed by atoms with Crippen molar-refractivity contribution in [1.29, 1.82) is 0 Å². The number of nitrogens with zero attached hydrogens (tertiary/aromatic N) is 1. The molecular weight excluding hydrogens is 261 g/mol. The van der Waals surface area contributed by atoms with Gasteiger partial charge in [0.25, 0.3) is 5.56 Å². The summed E-state index contributed by atoms with van der Waals surface area (Å²) in [5.41, 5.74) is 0.682. The summed E-state index contributed by atoms with van der Waals surface area (Å²) in [4.78, 5) is 11.5. The van der Waals surface area contributed by atoms with E-state index < -0.39 is 0 Å². The molecule has 0 saturated carbocycles. The molecule has 4 heteroatoms. The van der Waals surface area contributed by atoms with Crippen molar-refractivity contribution in [3.05, 3.63) is 44.9 Å². The van der Waals surface area contributed by atoms with Gasteiger partial charge in [-0.25, -0.2) is 4.39 Å². The highest BCUT2D eigenvalue weighted by molar-refractivity contribution is 9.10. The molecule has 1 aromatic heterocycles. The fraction of sp³-hybridized carbons (Fsp3) is 0.182. The third-order valence-corrected chi connectivity index (χ3v) is 2.96. The zero-order valence-corrected chi connectivity index (χ0v) is 9.71. The van der Waals surface area contributed by atoms with E-state index in [2.05, 4.69) is 15.9 Å². The molecule has 0 amide bonds. The Hall–Kier alpha value is -1.16. The monoisotopic (exact) mass is 269 g/mol. The van der Waals surface area contributed by atoms with Gasteiger partial charge < -0.3 is 4.57 Å². The highest BCUT2D eigenvalue weighted by Crippen LogP contribution is 2.22. The molecule has 0 unspecified atom stereocenters. The predicted octanol–water partition coefficient (Wildman–Crippen LogP) is 2.92. The number of pyridine rings is 1. The summed E-state index contributed by atoms with van der Waals surface area (Å²) < 4.78 is 15.2. The van der Waals surface area contributed by atoms with Crippen LogP contribution in [0.15, 0.2) is 33.5 Å². The van der Waals surface area contributed by atoms with E-state index in [1.54, 1.807) is 16.7 Å². The highest BCUT2D eigenvalue weighted by atomic mass is 79.9. The maximum atomic E-state index is 13.3. The summed E-state index contributed by atoms with van der Waals surface area (Å²) in [7, 11) is 0. The van der Waals surface area contributed by atoms with Gasteiger partial charge in [-0.3, -0.25) is 4.79 Å². The van der Waals surface area contributed by atoms with E-state index in [4.69, 9.17) is 0 Å². The molecule has 0 aliphatic heterocycles. The second-order valence-corrected chi connectivity index (χ2v) is 4.10. The lowest BCUT2D eigenvalue weighted by atomic mass is 10.2. The molecule has 0 aliphatic rings. The quantitative estimate of drug-likeness (QED) is 0.780. The number of halogens is 2. The standard InChI is InChI=1S/C11H9BrFNO/c1-2-14-10-6-8(12)9(13)5-7(10)3-4-11(14)15/h3-6H,2H2,1H3. The average molecular weight is 270 g/mol. The first-order valence-electron chi connectivity index (χ1n) is 4.62. The van der Waals surface area contributed by atoms with Gasteiger partial charge in [0, 0.05) is 18.0 Å². The van der Waals surface area contributed by atoms with Crippen LogP contribution in [0.5, 0.6) is 0 Å². The fourth-order valence-corrected chi connectivity index (χ4v) is 1.95. The van der Waals surface area contributed by atoms with Crippen molar-refractivity contribution in [2.24, 2.45) is 0 Å². The van der Waals surface area contributed by atoms with Crippen LogP contribution in [0.2, 0.25) is 0 Å². The van der Waals surface area contributed by atoms with Crippen molar-refractivity contribution in [3.8, 4) is 0 Å². The summed E-state index contributed by atoms with van der Waals surface area (Å²) in [6, 6.07) is 6.15. The Balaban J connectivity index is 2.92. The van der Waals surface area contributed by atoms with E-state index in [9.17, 15) is 9.18 Å². The van der Waals surface area contributed by atoms with Crippen LogP contribution in [-0.2, 0) is 6.54 Å². The number of benzene rings is 1. The Bertz CT molecular complexity index is 577. The summed E-state index contributed by atoms with van der Waals surface area (Å²) in [5.74, 6) is -0.316. The Kier molecular flexibility index (Phi) is 2.61. The molecule has 15 heavy (non-hydrogen) atoms. The number of aromatic nitrogens is 1. The SMILES string of the molecule is CCn1c(=O)ccc2cc(F)c(Br)cc21. The van der Waals surface area contributed by atoms with Crippen LogP contribution in [0.25, 0.3) is 10.9 Å². The third-order valence-electron chi connectivity index (χ3n) is 2.35. The van der Waals surface area contributed by atoms with Gasteiger partial charge in [-0.05, 0) is 41.1 Å². The summed E-state index contributed by atoms with van der Waals surface area (Å²) in [6.45, 7) is 2.46. The lowest BCUT2D eigenvalue weighted by Crippen LogP contribution is -2.18. The van der Waals surface area contributed by atoms with Crippen molar-refractivity contribution in [1.82, 2.24) is 4.57 Å². The molecule has 0 bridgehead atoms. The molecule has 0 aliphatic carbocycles. The second-order valence-electron chi connectivity index (χ2n) is 3.24. The summed E-state index contributed by atoms with van der Waals surface area (Å²) in [6.07, 6.45) is 0. The zero-order chi connectivity index (χ0) is 11.0. The van der Waals surface area contributed by atoms with Gasteiger partial charge >= 0.3 is 0 Å². The topological polar surface area (TPSA) is 22.0 Å². The number of aryl methyl sites for hydroxylation is 1. The van der Waals surface area contributed by atoms with Gasteiger partial charge in [-0.1, -0.05) is 0 Å². The smallest absolute Gasteiger partial charge is 0.251 e. The van der Waals surface area contributed by atoms with Crippen LogP contribution in [0, 0.1) is 5.82 Å². The fourth-order valence-electron chi connectivity index (χ4n) is 1.61. The second kappa shape index (κ2) is 3.77. The van der Waals surface area contributed by atoms with Gasteiger partial charge in [0.1, 0.15) is 5.82 Å².